The van der Waals surface area contributed by atoms with E-state index in [0.717, 1.165) is 36.8 Å². The molecule has 1 aromatic rings. The molecule has 5 atom stereocenters. The third-order valence-electron chi connectivity index (χ3n) is 9.96. The Bertz CT molecular complexity index is 1020. The minimum absolute atomic E-state index is 0.0190. The molecule has 0 aromatic heterocycles. The number of aliphatic carboxylic acids is 1. The van der Waals surface area contributed by atoms with Crippen LogP contribution < -0.4 is 0 Å². The molecule has 0 aliphatic heterocycles. The van der Waals surface area contributed by atoms with Crippen LogP contribution in [0.2, 0.25) is 18.1 Å². The standard InChI is InChI=1S/C33H52O4Si/c1-23-16-18-26(32(6,7)20-23)28(30(34)35)29-24(2)17-19-27(36-21-25-14-12-11-13-15-25)33(29,8)22-37-38(9,10)31(3,4)5/h11-15,20,26-29H,2,16-19,21-22H2,1,3-10H3,(H,34,35)/t26-,27-,28+,29-,33+/m0/s1. The highest BCUT2D eigenvalue weighted by Crippen LogP contribution is 2.56. The lowest BCUT2D eigenvalue weighted by Gasteiger charge is -2.54. The summed E-state index contributed by atoms with van der Waals surface area (Å²) < 4.78 is 13.6. The number of carbonyl (C=O) groups is 1. The first kappa shape index (κ1) is 30.8. The molecule has 0 spiro atoms. The van der Waals surface area contributed by atoms with E-state index in [1.807, 2.05) is 18.2 Å². The van der Waals surface area contributed by atoms with Gasteiger partial charge in [-0.2, -0.15) is 0 Å². The second-order valence-electron chi connectivity index (χ2n) is 14.3. The van der Waals surface area contributed by atoms with E-state index < -0.39 is 25.6 Å². The molecule has 0 saturated heterocycles. The highest BCUT2D eigenvalue weighted by molar-refractivity contribution is 6.74. The highest BCUT2D eigenvalue weighted by atomic mass is 28.4. The Kier molecular flexibility index (Phi) is 9.27. The molecular weight excluding hydrogens is 488 g/mol. The number of benzene rings is 1. The summed E-state index contributed by atoms with van der Waals surface area (Å²) >= 11 is 0. The molecule has 212 valence electrons. The summed E-state index contributed by atoms with van der Waals surface area (Å²) in [5.74, 6) is -1.47. The summed E-state index contributed by atoms with van der Waals surface area (Å²) in [6, 6.07) is 10.3. The summed E-state index contributed by atoms with van der Waals surface area (Å²) in [6.07, 6.45) is 5.63. The van der Waals surface area contributed by atoms with Crippen LogP contribution in [0.15, 0.2) is 54.1 Å². The lowest BCUT2D eigenvalue weighted by atomic mass is 9.53. The minimum Gasteiger partial charge on any atom is -0.481 e. The zero-order chi connectivity index (χ0) is 28.5. The number of allylic oxidation sites excluding steroid dienone is 3. The fourth-order valence-electron chi connectivity index (χ4n) is 6.67. The number of carboxylic acid groups (broad SMARTS) is 1. The molecule has 0 heterocycles. The molecule has 5 heteroatoms. The molecule has 0 radical (unpaired) electrons. The Morgan fingerprint density at radius 3 is 2.32 bits per heavy atom. The summed E-state index contributed by atoms with van der Waals surface area (Å²) in [5.41, 5.74) is 2.82. The zero-order valence-corrected chi connectivity index (χ0v) is 26.4. The van der Waals surface area contributed by atoms with Crippen molar-refractivity contribution in [2.75, 3.05) is 6.61 Å². The summed E-state index contributed by atoms with van der Waals surface area (Å²) in [5, 5.41) is 10.9. The average molecular weight is 541 g/mol. The molecule has 0 unspecified atom stereocenters. The fourth-order valence-corrected chi connectivity index (χ4v) is 7.78. The van der Waals surface area contributed by atoms with Crippen LogP contribution in [0, 0.1) is 28.6 Å². The Labute approximate surface area is 233 Å². The van der Waals surface area contributed by atoms with Gasteiger partial charge in [0, 0.05) is 17.9 Å². The number of hydrogen-bond donors (Lipinski definition) is 1. The van der Waals surface area contributed by atoms with Crippen LogP contribution in [0.5, 0.6) is 0 Å². The summed E-state index contributed by atoms with van der Waals surface area (Å²) in [7, 11) is -2.09. The van der Waals surface area contributed by atoms with Crippen molar-refractivity contribution in [3.8, 4) is 0 Å². The Hall–Kier alpha value is -1.69. The molecule has 0 bridgehead atoms. The van der Waals surface area contributed by atoms with Gasteiger partial charge in [-0.05, 0) is 67.6 Å². The third kappa shape index (κ3) is 6.54. The molecule has 38 heavy (non-hydrogen) atoms. The average Bonchev–Trinajstić information content (AvgIpc) is 2.80. The van der Waals surface area contributed by atoms with E-state index in [-0.39, 0.29) is 28.4 Å². The third-order valence-corrected chi connectivity index (χ3v) is 14.4. The quantitative estimate of drug-likeness (QED) is 0.251. The number of ether oxygens (including phenoxy) is 1. The van der Waals surface area contributed by atoms with Crippen molar-refractivity contribution >= 4 is 14.3 Å². The van der Waals surface area contributed by atoms with Gasteiger partial charge in [0.25, 0.3) is 0 Å². The molecule has 1 fully saturated rings. The van der Waals surface area contributed by atoms with Crippen molar-refractivity contribution in [3.63, 3.8) is 0 Å². The highest BCUT2D eigenvalue weighted by Gasteiger charge is 2.56. The van der Waals surface area contributed by atoms with Crippen molar-refractivity contribution in [2.24, 2.45) is 28.6 Å². The van der Waals surface area contributed by atoms with Gasteiger partial charge in [0.15, 0.2) is 8.32 Å². The predicted octanol–water partition coefficient (Wildman–Crippen LogP) is 8.65. The molecule has 3 rings (SSSR count). The maximum Gasteiger partial charge on any atom is 0.307 e. The van der Waals surface area contributed by atoms with Gasteiger partial charge in [0.1, 0.15) is 0 Å². The predicted molar refractivity (Wildman–Crippen MR) is 160 cm³/mol. The van der Waals surface area contributed by atoms with Crippen molar-refractivity contribution in [2.45, 2.75) is 105 Å². The first-order valence-electron chi connectivity index (χ1n) is 14.4. The molecule has 2 aliphatic rings. The van der Waals surface area contributed by atoms with Crippen LogP contribution in [0.3, 0.4) is 0 Å². The van der Waals surface area contributed by atoms with Gasteiger partial charge in [-0.15, -0.1) is 0 Å². The van der Waals surface area contributed by atoms with E-state index in [1.165, 1.54) is 5.57 Å². The van der Waals surface area contributed by atoms with Gasteiger partial charge in [-0.1, -0.05) is 95.7 Å². The summed E-state index contributed by atoms with van der Waals surface area (Å²) in [4.78, 5) is 13.2. The molecular formula is C33H52O4Si. The van der Waals surface area contributed by atoms with Gasteiger partial charge >= 0.3 is 5.97 Å². The van der Waals surface area contributed by atoms with Crippen LogP contribution in [0.4, 0.5) is 0 Å². The van der Waals surface area contributed by atoms with Gasteiger partial charge in [-0.25, -0.2) is 0 Å². The maximum absolute atomic E-state index is 13.2. The van der Waals surface area contributed by atoms with Crippen molar-refractivity contribution in [1.29, 1.82) is 0 Å². The Balaban J connectivity index is 2.05. The van der Waals surface area contributed by atoms with Crippen LogP contribution in [0.25, 0.3) is 0 Å². The number of rotatable bonds is 9. The molecule has 1 aromatic carbocycles. The smallest absolute Gasteiger partial charge is 0.307 e. The zero-order valence-electron chi connectivity index (χ0n) is 25.4. The monoisotopic (exact) mass is 540 g/mol. The van der Waals surface area contributed by atoms with Crippen LogP contribution in [0.1, 0.15) is 79.7 Å². The van der Waals surface area contributed by atoms with Crippen molar-refractivity contribution < 1.29 is 19.1 Å². The molecule has 1 saturated carbocycles. The Morgan fingerprint density at radius 2 is 1.76 bits per heavy atom. The fraction of sp³-hybridized carbons (Fsp3) is 0.667. The van der Waals surface area contributed by atoms with Gasteiger partial charge in [0.2, 0.25) is 0 Å². The van der Waals surface area contributed by atoms with E-state index in [0.29, 0.717) is 13.2 Å². The molecule has 4 nitrogen and oxygen atoms in total. The number of hydrogen-bond acceptors (Lipinski definition) is 3. The van der Waals surface area contributed by atoms with Gasteiger partial charge < -0.3 is 14.3 Å². The first-order chi connectivity index (χ1) is 17.5. The van der Waals surface area contributed by atoms with Gasteiger partial charge in [0.05, 0.1) is 18.6 Å². The number of carboxylic acids is 1. The van der Waals surface area contributed by atoms with Crippen LogP contribution >= 0.6 is 0 Å². The lowest BCUT2D eigenvalue weighted by molar-refractivity contribution is -0.160. The Morgan fingerprint density at radius 1 is 1.13 bits per heavy atom. The van der Waals surface area contributed by atoms with E-state index in [4.69, 9.17) is 9.16 Å². The van der Waals surface area contributed by atoms with E-state index >= 15 is 0 Å². The van der Waals surface area contributed by atoms with Crippen molar-refractivity contribution in [1.82, 2.24) is 0 Å². The SMILES string of the molecule is C=C1CC[C@H](OCc2ccccc2)[C@@](C)(CO[Si](C)(C)C(C)(C)C)[C@@H]1[C@H](C(=O)O)[C@@H]1CCC(C)=CC1(C)C. The van der Waals surface area contributed by atoms with Crippen LogP contribution in [-0.4, -0.2) is 32.1 Å². The normalized spacial score (nSPS) is 29.0. The molecule has 2 aliphatic carbocycles. The van der Waals surface area contributed by atoms with Crippen LogP contribution in [-0.2, 0) is 20.6 Å². The maximum atomic E-state index is 13.2. The van der Waals surface area contributed by atoms with Gasteiger partial charge in [-0.3, -0.25) is 4.79 Å². The summed E-state index contributed by atoms with van der Waals surface area (Å²) in [6.45, 7) is 25.6. The second-order valence-corrected chi connectivity index (χ2v) is 19.1. The van der Waals surface area contributed by atoms with E-state index in [2.05, 4.69) is 86.3 Å². The van der Waals surface area contributed by atoms with E-state index in [9.17, 15) is 9.90 Å². The molecule has 0 amide bonds. The second kappa shape index (κ2) is 11.4. The topological polar surface area (TPSA) is 55.8 Å². The largest absolute Gasteiger partial charge is 0.481 e. The van der Waals surface area contributed by atoms with E-state index in [1.54, 1.807) is 0 Å². The first-order valence-corrected chi connectivity index (χ1v) is 17.3. The molecule has 1 N–H and O–H groups in total. The minimum atomic E-state index is -2.09. The lowest BCUT2D eigenvalue weighted by Crippen LogP contribution is -2.56. The van der Waals surface area contributed by atoms with Crippen molar-refractivity contribution in [3.05, 3.63) is 59.7 Å².